The number of β-amino-alcohol motifs (C(OH)–C–C–N with tert-alkyl or cyclic N) is 1. The summed E-state index contributed by atoms with van der Waals surface area (Å²) in [6.45, 7) is 2.51. The van der Waals surface area contributed by atoms with Gasteiger partial charge in [-0.25, -0.2) is 5.43 Å². The molecule has 136 valence electrons. The number of carbonyl (C=O) groups excluding carboxylic acids is 1. The van der Waals surface area contributed by atoms with Gasteiger partial charge in [0.1, 0.15) is 0 Å². The van der Waals surface area contributed by atoms with Crippen LogP contribution in [0.15, 0.2) is 58.1 Å². The largest absolute Gasteiger partial charge is 0.392 e. The summed E-state index contributed by atoms with van der Waals surface area (Å²) in [5.41, 5.74) is 5.16. The van der Waals surface area contributed by atoms with Crippen LogP contribution in [0.1, 0.15) is 34.3 Å². The number of aliphatic hydroxyl groups is 1. The van der Waals surface area contributed by atoms with Gasteiger partial charge in [-0.3, -0.25) is 9.69 Å². The molecule has 6 heteroatoms. The topological polar surface area (TPSA) is 64.9 Å². The van der Waals surface area contributed by atoms with Gasteiger partial charge in [-0.1, -0.05) is 40.2 Å². The highest BCUT2D eigenvalue weighted by Crippen LogP contribution is 2.14. The first-order valence-corrected chi connectivity index (χ1v) is 9.48. The lowest BCUT2D eigenvalue weighted by molar-refractivity contribution is 0.0668. The van der Waals surface area contributed by atoms with Crippen molar-refractivity contribution in [3.05, 3.63) is 69.7 Å². The second kappa shape index (κ2) is 9.07. The summed E-state index contributed by atoms with van der Waals surface area (Å²) >= 11 is 3.38. The number of amides is 1. The molecule has 1 saturated heterocycles. The third-order valence-electron chi connectivity index (χ3n) is 4.35. The second-order valence-corrected chi connectivity index (χ2v) is 7.39. The zero-order valence-electron chi connectivity index (χ0n) is 14.4. The molecule has 1 unspecified atom stereocenters. The van der Waals surface area contributed by atoms with Crippen molar-refractivity contribution in [3.63, 3.8) is 0 Å². The number of hydrogen-bond donors (Lipinski definition) is 2. The highest BCUT2D eigenvalue weighted by molar-refractivity contribution is 9.10. The number of nitrogens with zero attached hydrogens (tertiary/aromatic N) is 2. The predicted molar refractivity (Wildman–Crippen MR) is 106 cm³/mol. The van der Waals surface area contributed by atoms with Crippen LogP contribution in [0, 0.1) is 0 Å². The molecule has 1 aliphatic heterocycles. The van der Waals surface area contributed by atoms with Gasteiger partial charge in [0.05, 0.1) is 12.3 Å². The lowest BCUT2D eigenvalue weighted by Crippen LogP contribution is -2.37. The zero-order valence-corrected chi connectivity index (χ0v) is 16.0. The molecule has 26 heavy (non-hydrogen) atoms. The third-order valence-corrected chi connectivity index (χ3v) is 4.88. The van der Waals surface area contributed by atoms with E-state index in [9.17, 15) is 9.90 Å². The number of aliphatic hydroxyl groups excluding tert-OH is 1. The molecule has 1 fully saturated rings. The Bertz CT molecular complexity index is 760. The van der Waals surface area contributed by atoms with Crippen LogP contribution >= 0.6 is 15.9 Å². The Kier molecular flexibility index (Phi) is 6.55. The maximum absolute atomic E-state index is 12.2. The summed E-state index contributed by atoms with van der Waals surface area (Å²) < 4.78 is 0.998. The standard InChI is InChI=1S/C20H22BrN3O2/c21-18-9-5-15(6-10-18)12-22-23-20(26)17-7-3-16(4-8-17)13-24-11-1-2-19(25)14-24/h3-10,12,19,25H,1-2,11,13-14H2,(H,23,26)/b22-12+. The van der Waals surface area contributed by atoms with Gasteiger partial charge in [0.25, 0.3) is 5.91 Å². The number of halogens is 1. The number of likely N-dealkylation sites (tertiary alicyclic amines) is 1. The molecule has 1 atom stereocenters. The Hall–Kier alpha value is -2.02. The monoisotopic (exact) mass is 415 g/mol. The van der Waals surface area contributed by atoms with Crippen LogP contribution in [0.3, 0.4) is 0 Å². The van der Waals surface area contributed by atoms with E-state index in [0.29, 0.717) is 12.1 Å². The minimum Gasteiger partial charge on any atom is -0.392 e. The van der Waals surface area contributed by atoms with Crippen LogP contribution in [0.2, 0.25) is 0 Å². The van der Waals surface area contributed by atoms with Crippen LogP contribution in [0.25, 0.3) is 0 Å². The van der Waals surface area contributed by atoms with E-state index in [1.54, 1.807) is 18.3 Å². The summed E-state index contributed by atoms with van der Waals surface area (Å²) in [6.07, 6.45) is 3.30. The number of hydrogen-bond acceptors (Lipinski definition) is 4. The maximum atomic E-state index is 12.2. The first-order chi connectivity index (χ1) is 12.6. The third kappa shape index (κ3) is 5.49. The Labute approximate surface area is 161 Å². The van der Waals surface area contributed by atoms with Crippen molar-refractivity contribution in [2.24, 2.45) is 5.10 Å². The van der Waals surface area contributed by atoms with Crippen LogP contribution in [-0.4, -0.2) is 41.3 Å². The summed E-state index contributed by atoms with van der Waals surface area (Å²) in [7, 11) is 0. The molecule has 0 radical (unpaired) electrons. The van der Waals surface area contributed by atoms with Crippen LogP contribution < -0.4 is 5.43 Å². The molecule has 0 saturated carbocycles. The quantitative estimate of drug-likeness (QED) is 0.582. The Morgan fingerprint density at radius 1 is 1.23 bits per heavy atom. The number of rotatable bonds is 5. The van der Waals surface area contributed by atoms with E-state index in [2.05, 4.69) is 31.4 Å². The predicted octanol–water partition coefficient (Wildman–Crippen LogP) is 3.17. The van der Waals surface area contributed by atoms with E-state index < -0.39 is 0 Å². The molecule has 1 heterocycles. The maximum Gasteiger partial charge on any atom is 0.271 e. The first kappa shape index (κ1) is 18.8. The van der Waals surface area contributed by atoms with Crippen molar-refractivity contribution in [1.29, 1.82) is 0 Å². The molecule has 0 aliphatic carbocycles. The van der Waals surface area contributed by atoms with Gasteiger partial charge in [-0.15, -0.1) is 0 Å². The summed E-state index contributed by atoms with van der Waals surface area (Å²) in [5, 5.41) is 13.7. The molecule has 2 aromatic carbocycles. The van der Waals surface area contributed by atoms with Gasteiger partial charge in [0.15, 0.2) is 0 Å². The highest BCUT2D eigenvalue weighted by atomic mass is 79.9. The fraction of sp³-hybridized carbons (Fsp3) is 0.300. The molecular weight excluding hydrogens is 394 g/mol. The number of carbonyl (C=O) groups is 1. The van der Waals surface area contributed by atoms with Gasteiger partial charge < -0.3 is 5.11 Å². The van der Waals surface area contributed by atoms with Gasteiger partial charge in [-0.2, -0.15) is 5.10 Å². The van der Waals surface area contributed by atoms with Crippen LogP contribution in [-0.2, 0) is 6.54 Å². The molecule has 2 N–H and O–H groups in total. The summed E-state index contributed by atoms with van der Waals surface area (Å²) in [4.78, 5) is 14.4. The van der Waals surface area contributed by atoms with Crippen LogP contribution in [0.5, 0.6) is 0 Å². The van der Waals surface area contributed by atoms with E-state index >= 15 is 0 Å². The lowest BCUT2D eigenvalue weighted by atomic mass is 10.1. The Morgan fingerprint density at radius 2 is 1.96 bits per heavy atom. The zero-order chi connectivity index (χ0) is 18.4. The van der Waals surface area contributed by atoms with Crippen molar-refractivity contribution < 1.29 is 9.90 Å². The average molecular weight is 416 g/mol. The molecular formula is C20H22BrN3O2. The Balaban J connectivity index is 1.52. The molecule has 3 rings (SSSR count). The SMILES string of the molecule is O=C(N/N=C/c1ccc(Br)cc1)c1ccc(CN2CCCC(O)C2)cc1. The molecule has 2 aromatic rings. The number of hydrazone groups is 1. The van der Waals surface area contributed by atoms with Gasteiger partial charge >= 0.3 is 0 Å². The van der Waals surface area contributed by atoms with E-state index in [1.165, 1.54) is 0 Å². The number of nitrogens with one attached hydrogen (secondary N) is 1. The molecule has 0 bridgehead atoms. The molecule has 0 aromatic heterocycles. The molecule has 0 spiro atoms. The smallest absolute Gasteiger partial charge is 0.271 e. The summed E-state index contributed by atoms with van der Waals surface area (Å²) in [5.74, 6) is -0.238. The normalized spacial score (nSPS) is 18.2. The Morgan fingerprint density at radius 3 is 2.65 bits per heavy atom. The van der Waals surface area contributed by atoms with E-state index in [-0.39, 0.29) is 12.0 Å². The van der Waals surface area contributed by atoms with Crippen molar-refractivity contribution in [3.8, 4) is 0 Å². The van der Waals surface area contributed by atoms with Crippen molar-refractivity contribution in [2.75, 3.05) is 13.1 Å². The first-order valence-electron chi connectivity index (χ1n) is 8.68. The average Bonchev–Trinajstić information content (AvgIpc) is 2.64. The van der Waals surface area contributed by atoms with Crippen molar-refractivity contribution in [1.82, 2.24) is 10.3 Å². The lowest BCUT2D eigenvalue weighted by Gasteiger charge is -2.29. The van der Waals surface area contributed by atoms with Gasteiger partial charge in [0, 0.05) is 23.1 Å². The van der Waals surface area contributed by atoms with Crippen LogP contribution in [0.4, 0.5) is 0 Å². The minimum absolute atomic E-state index is 0.225. The van der Waals surface area contributed by atoms with Gasteiger partial charge in [0.2, 0.25) is 0 Å². The fourth-order valence-electron chi connectivity index (χ4n) is 2.97. The number of piperidine rings is 1. The molecule has 1 amide bonds. The number of benzene rings is 2. The highest BCUT2D eigenvalue weighted by Gasteiger charge is 2.17. The molecule has 1 aliphatic rings. The van der Waals surface area contributed by atoms with Crippen molar-refractivity contribution in [2.45, 2.75) is 25.5 Å². The summed E-state index contributed by atoms with van der Waals surface area (Å²) in [6, 6.07) is 15.2. The molecule has 5 nitrogen and oxygen atoms in total. The second-order valence-electron chi connectivity index (χ2n) is 6.48. The fourth-order valence-corrected chi connectivity index (χ4v) is 3.24. The van der Waals surface area contributed by atoms with E-state index in [0.717, 1.165) is 41.5 Å². The van der Waals surface area contributed by atoms with Gasteiger partial charge in [-0.05, 0) is 54.8 Å². The minimum atomic E-state index is -0.238. The van der Waals surface area contributed by atoms with E-state index in [1.807, 2.05) is 36.4 Å². The van der Waals surface area contributed by atoms with Crippen molar-refractivity contribution >= 4 is 28.1 Å². The van der Waals surface area contributed by atoms with E-state index in [4.69, 9.17) is 0 Å².